The number of pyridine rings is 1. The Hall–Kier alpha value is -4.35. The van der Waals surface area contributed by atoms with E-state index in [0.29, 0.717) is 35.4 Å². The highest BCUT2D eigenvalue weighted by atomic mass is 16.5. The van der Waals surface area contributed by atoms with E-state index in [-0.39, 0.29) is 24.5 Å². The van der Waals surface area contributed by atoms with Crippen LogP contribution in [0.15, 0.2) is 59.5 Å². The van der Waals surface area contributed by atoms with Crippen LogP contribution >= 0.6 is 0 Å². The summed E-state index contributed by atoms with van der Waals surface area (Å²) in [5, 5.41) is 20.5. The van der Waals surface area contributed by atoms with Crippen molar-refractivity contribution in [2.75, 3.05) is 18.5 Å². The molecule has 0 radical (unpaired) electrons. The van der Waals surface area contributed by atoms with Crippen molar-refractivity contribution in [3.8, 4) is 22.6 Å². The first-order valence-electron chi connectivity index (χ1n) is 12.4. The second kappa shape index (κ2) is 9.84. The molecule has 0 bridgehead atoms. The van der Waals surface area contributed by atoms with Crippen LogP contribution in [0, 0.1) is 6.92 Å². The van der Waals surface area contributed by atoms with Crippen LogP contribution in [0.2, 0.25) is 0 Å². The zero-order chi connectivity index (χ0) is 26.2. The van der Waals surface area contributed by atoms with Gasteiger partial charge in [0.1, 0.15) is 11.3 Å². The summed E-state index contributed by atoms with van der Waals surface area (Å²) in [5.41, 5.74) is 5.14. The lowest BCUT2D eigenvalue weighted by Crippen LogP contribution is -2.30. The Balaban J connectivity index is 1.18. The maximum Gasteiger partial charge on any atom is 0.274 e. The number of aromatic nitrogens is 6. The second-order valence-electron chi connectivity index (χ2n) is 9.49. The van der Waals surface area contributed by atoms with Crippen LogP contribution in [0.4, 0.5) is 5.69 Å². The van der Waals surface area contributed by atoms with E-state index in [9.17, 15) is 4.79 Å². The van der Waals surface area contributed by atoms with Gasteiger partial charge < -0.3 is 19.7 Å². The first-order valence-corrected chi connectivity index (χ1v) is 12.4. The Labute approximate surface area is 218 Å². The molecule has 1 aromatic carbocycles. The number of nitrogens with zero attached hydrogens (tertiary/aromatic N) is 6. The molecule has 1 saturated carbocycles. The van der Waals surface area contributed by atoms with Crippen molar-refractivity contribution < 1.29 is 19.2 Å². The predicted octanol–water partition coefficient (Wildman–Crippen LogP) is 3.60. The van der Waals surface area contributed by atoms with Crippen LogP contribution in [-0.4, -0.2) is 59.6 Å². The minimum absolute atomic E-state index is 0.0162. The molecule has 11 nitrogen and oxygen atoms in total. The third kappa shape index (κ3) is 4.57. The zero-order valence-electron chi connectivity index (χ0n) is 21.0. The number of rotatable bonds is 8. The number of anilines is 1. The molecule has 1 aliphatic carbocycles. The first-order chi connectivity index (χ1) is 18.5. The van der Waals surface area contributed by atoms with E-state index >= 15 is 0 Å². The molecule has 4 heterocycles. The normalized spacial score (nSPS) is 17.0. The number of carbonyl (C=O) groups excluding carboxylic acids is 1. The van der Waals surface area contributed by atoms with Crippen molar-refractivity contribution >= 4 is 17.2 Å². The van der Waals surface area contributed by atoms with E-state index in [1.165, 1.54) is 0 Å². The van der Waals surface area contributed by atoms with Crippen LogP contribution in [0.1, 0.15) is 40.7 Å². The van der Waals surface area contributed by atoms with E-state index < -0.39 is 0 Å². The fourth-order valence-corrected chi connectivity index (χ4v) is 4.60. The molecule has 6 rings (SSSR count). The van der Waals surface area contributed by atoms with Gasteiger partial charge in [-0.1, -0.05) is 17.3 Å². The number of hydrogen-bond donors (Lipinski definition) is 2. The summed E-state index contributed by atoms with van der Waals surface area (Å²) in [5.74, 6) is 0.913. The standard InChI is InChI=1S/C27H27N7O4/c1-16-3-4-18(25-30-27(38-32-25)19-11-20(12-19)37-10-9-35)13-22(16)29-26(36)23-15-28-24-14-17(5-8-34(23)24)21-6-7-33(2)31-21/h3-8,13-15,19-20,35H,9-12H2,1-2H3,(H,29,36). The smallest absolute Gasteiger partial charge is 0.274 e. The number of imidazole rings is 1. The third-order valence-electron chi connectivity index (χ3n) is 6.83. The number of fused-ring (bicyclic) bond motifs is 1. The number of carbonyl (C=O) groups is 1. The predicted molar refractivity (Wildman–Crippen MR) is 139 cm³/mol. The molecule has 2 N–H and O–H groups in total. The highest BCUT2D eigenvalue weighted by Gasteiger charge is 2.35. The highest BCUT2D eigenvalue weighted by Crippen LogP contribution is 2.38. The summed E-state index contributed by atoms with van der Waals surface area (Å²) >= 11 is 0. The monoisotopic (exact) mass is 513 g/mol. The van der Waals surface area contributed by atoms with Crippen LogP contribution in [0.3, 0.4) is 0 Å². The molecule has 0 unspecified atom stereocenters. The van der Waals surface area contributed by atoms with Crippen molar-refractivity contribution in [3.63, 3.8) is 0 Å². The quantitative estimate of drug-likeness (QED) is 0.322. The van der Waals surface area contributed by atoms with Crippen LogP contribution in [0.25, 0.3) is 28.3 Å². The van der Waals surface area contributed by atoms with E-state index in [0.717, 1.165) is 35.2 Å². The summed E-state index contributed by atoms with van der Waals surface area (Å²) in [4.78, 5) is 22.2. The average Bonchev–Trinajstić information content (AvgIpc) is 3.64. The lowest BCUT2D eigenvalue weighted by molar-refractivity contribution is -0.0297. The van der Waals surface area contributed by atoms with Crippen LogP contribution < -0.4 is 5.32 Å². The van der Waals surface area contributed by atoms with Crippen molar-refractivity contribution in [1.29, 1.82) is 0 Å². The number of aliphatic hydroxyl groups excluding tert-OH is 1. The topological polar surface area (TPSA) is 133 Å². The number of aliphatic hydroxyl groups is 1. The van der Waals surface area contributed by atoms with Gasteiger partial charge in [-0.25, -0.2) is 4.98 Å². The Morgan fingerprint density at radius 1 is 1.18 bits per heavy atom. The van der Waals surface area contributed by atoms with Gasteiger partial charge in [0.2, 0.25) is 11.7 Å². The minimum Gasteiger partial charge on any atom is -0.394 e. The number of benzene rings is 1. The molecule has 0 atom stereocenters. The fourth-order valence-electron chi connectivity index (χ4n) is 4.60. The van der Waals surface area contributed by atoms with E-state index in [1.807, 2.05) is 62.8 Å². The summed E-state index contributed by atoms with van der Waals surface area (Å²) in [6.07, 6.45) is 6.97. The summed E-state index contributed by atoms with van der Waals surface area (Å²) in [6.45, 7) is 2.28. The molecule has 11 heteroatoms. The third-order valence-corrected chi connectivity index (χ3v) is 6.83. The maximum absolute atomic E-state index is 13.2. The molecule has 0 saturated heterocycles. The molecule has 5 aromatic rings. The van der Waals surface area contributed by atoms with Gasteiger partial charge in [0.25, 0.3) is 5.91 Å². The largest absolute Gasteiger partial charge is 0.394 e. The Morgan fingerprint density at radius 3 is 2.84 bits per heavy atom. The number of ether oxygens (including phenoxy) is 1. The fraction of sp³-hybridized carbons (Fsp3) is 0.296. The second-order valence-corrected chi connectivity index (χ2v) is 9.49. The molecule has 1 amide bonds. The van der Waals surface area contributed by atoms with Gasteiger partial charge in [0.05, 0.1) is 31.2 Å². The van der Waals surface area contributed by atoms with E-state index in [1.54, 1.807) is 15.3 Å². The van der Waals surface area contributed by atoms with Crippen molar-refractivity contribution in [1.82, 2.24) is 29.3 Å². The molecule has 1 aliphatic rings. The lowest BCUT2D eigenvalue weighted by atomic mass is 9.82. The first kappa shape index (κ1) is 24.0. The van der Waals surface area contributed by atoms with Gasteiger partial charge in [0.15, 0.2) is 0 Å². The Kier molecular flexibility index (Phi) is 6.22. The summed E-state index contributed by atoms with van der Waals surface area (Å²) in [6, 6.07) is 11.4. The summed E-state index contributed by atoms with van der Waals surface area (Å²) < 4.78 is 14.5. The molecule has 194 valence electrons. The Bertz CT molecular complexity index is 1610. The van der Waals surface area contributed by atoms with Crippen molar-refractivity contribution in [3.05, 3.63) is 72.1 Å². The molecule has 0 spiro atoms. The number of aryl methyl sites for hydroxylation is 2. The number of hydrogen-bond acceptors (Lipinski definition) is 8. The highest BCUT2D eigenvalue weighted by molar-refractivity contribution is 6.04. The Morgan fingerprint density at radius 2 is 2.05 bits per heavy atom. The van der Waals surface area contributed by atoms with Crippen LogP contribution in [0.5, 0.6) is 0 Å². The van der Waals surface area contributed by atoms with Crippen molar-refractivity contribution in [2.24, 2.45) is 7.05 Å². The summed E-state index contributed by atoms with van der Waals surface area (Å²) in [7, 11) is 1.87. The molecular formula is C27H27N7O4. The molecule has 1 fully saturated rings. The van der Waals surface area contributed by atoms with Gasteiger partial charge in [-0.3, -0.25) is 13.9 Å². The van der Waals surface area contributed by atoms with E-state index in [4.69, 9.17) is 14.4 Å². The zero-order valence-corrected chi connectivity index (χ0v) is 21.0. The van der Waals surface area contributed by atoms with Gasteiger partial charge in [-0.15, -0.1) is 0 Å². The van der Waals surface area contributed by atoms with E-state index in [2.05, 4.69) is 25.5 Å². The maximum atomic E-state index is 13.2. The molecule has 0 aliphatic heterocycles. The SMILES string of the molecule is Cc1ccc(-c2noc(C3CC(OCCO)C3)n2)cc1NC(=O)c1cnc2cc(-c3ccn(C)n3)ccn12. The average molecular weight is 514 g/mol. The van der Waals surface area contributed by atoms with Crippen molar-refractivity contribution in [2.45, 2.75) is 31.8 Å². The number of amides is 1. The molecular weight excluding hydrogens is 486 g/mol. The number of nitrogens with one attached hydrogen (secondary N) is 1. The van der Waals surface area contributed by atoms with Gasteiger partial charge in [-0.05, 0) is 49.6 Å². The molecule has 4 aromatic heterocycles. The van der Waals surface area contributed by atoms with Gasteiger partial charge in [-0.2, -0.15) is 10.1 Å². The van der Waals surface area contributed by atoms with Gasteiger partial charge in [0, 0.05) is 42.2 Å². The lowest BCUT2D eigenvalue weighted by Gasteiger charge is -2.32. The molecule has 38 heavy (non-hydrogen) atoms. The minimum atomic E-state index is -0.277. The van der Waals surface area contributed by atoms with Gasteiger partial charge >= 0.3 is 0 Å². The van der Waals surface area contributed by atoms with Crippen LogP contribution in [-0.2, 0) is 11.8 Å².